The molecule has 2 aliphatic rings. The fraction of sp³-hybridized carbons (Fsp3) is 0.250. The lowest BCUT2D eigenvalue weighted by molar-refractivity contribution is -0.175. The third-order valence-corrected chi connectivity index (χ3v) is 5.95. The number of esters is 2. The molecule has 1 N–H and O–H groups in total. The number of hydrogen-bond donors (Lipinski definition) is 1. The number of hydrogen-bond acceptors (Lipinski definition) is 7. The highest BCUT2D eigenvalue weighted by Gasteiger charge is 2.46. The highest BCUT2D eigenvalue weighted by atomic mass is 16.6. The first-order valence-corrected chi connectivity index (χ1v) is 10.0. The summed E-state index contributed by atoms with van der Waals surface area (Å²) < 4.78 is 11.6. The molecule has 1 atom stereocenters. The van der Waals surface area contributed by atoms with Gasteiger partial charge in [0.25, 0.3) is 5.56 Å². The van der Waals surface area contributed by atoms with Crippen LogP contribution in [0.25, 0.3) is 22.3 Å². The molecule has 160 valence electrons. The molecule has 0 amide bonds. The molecule has 3 aromatic rings. The number of carbonyl (C=O) groups excluding carboxylic acids is 2. The number of pyridine rings is 2. The predicted octanol–water partition coefficient (Wildman–Crippen LogP) is 1.60. The number of fused-ring (bicyclic) bond motifs is 5. The summed E-state index contributed by atoms with van der Waals surface area (Å²) in [5.74, 6) is 1.20. The van der Waals surface area contributed by atoms with Gasteiger partial charge in [-0.1, -0.05) is 18.1 Å². The Morgan fingerprint density at radius 1 is 1.38 bits per heavy atom. The second-order valence-electron chi connectivity index (χ2n) is 7.86. The summed E-state index contributed by atoms with van der Waals surface area (Å²) in [5, 5.41) is 12.1. The van der Waals surface area contributed by atoms with E-state index in [0.29, 0.717) is 29.0 Å². The number of benzene rings is 1. The van der Waals surface area contributed by atoms with Gasteiger partial charge >= 0.3 is 11.9 Å². The summed E-state index contributed by atoms with van der Waals surface area (Å²) in [6.45, 7) is 1.09. The highest BCUT2D eigenvalue weighted by molar-refractivity contribution is 5.89. The SMILES string of the molecule is C#Cc1cccc2cc3c(nc12)-c1cc2c(c(=O)n1C3)COC(=O)[C@]2(O)CCOC(C)=O. The standard InChI is InChI=1S/C24H18N2O6/c1-3-14-5-4-6-15-9-16-11-26-19(21(16)25-20(14)15)10-18-17(22(26)28)12-32-23(29)24(18,30)7-8-31-13(2)27/h1,4-6,9-10,30H,7-8,11-12H2,2H3/t24-/m0/s1. The van der Waals surface area contributed by atoms with Gasteiger partial charge in [0.1, 0.15) is 6.61 Å². The van der Waals surface area contributed by atoms with Crippen LogP contribution in [-0.2, 0) is 37.8 Å². The zero-order valence-electron chi connectivity index (χ0n) is 17.2. The Morgan fingerprint density at radius 2 is 2.19 bits per heavy atom. The Hall–Kier alpha value is -3.96. The van der Waals surface area contributed by atoms with Gasteiger partial charge in [0.05, 0.1) is 41.2 Å². The topological polar surface area (TPSA) is 108 Å². The summed E-state index contributed by atoms with van der Waals surface area (Å²) in [5.41, 5.74) is 1.03. The highest BCUT2D eigenvalue weighted by Crippen LogP contribution is 2.39. The summed E-state index contributed by atoms with van der Waals surface area (Å²) in [7, 11) is 0. The summed E-state index contributed by atoms with van der Waals surface area (Å²) >= 11 is 0. The maximum absolute atomic E-state index is 13.3. The van der Waals surface area contributed by atoms with E-state index >= 15 is 0 Å². The molecule has 0 spiro atoms. The molecule has 0 saturated heterocycles. The van der Waals surface area contributed by atoms with Crippen LogP contribution in [-0.4, -0.2) is 33.2 Å². The van der Waals surface area contributed by atoms with Crippen LogP contribution in [0.5, 0.6) is 0 Å². The first-order valence-electron chi connectivity index (χ1n) is 10.0. The van der Waals surface area contributed by atoms with Crippen LogP contribution in [0.3, 0.4) is 0 Å². The summed E-state index contributed by atoms with van der Waals surface area (Å²) in [6.07, 6.45) is 5.39. The molecule has 1 aromatic carbocycles. The summed E-state index contributed by atoms with van der Waals surface area (Å²) in [6, 6.07) is 9.10. The van der Waals surface area contributed by atoms with Crippen LogP contribution in [0.2, 0.25) is 0 Å². The van der Waals surface area contributed by atoms with Gasteiger partial charge < -0.3 is 19.1 Å². The molecule has 32 heavy (non-hydrogen) atoms. The van der Waals surface area contributed by atoms with E-state index in [1.165, 1.54) is 6.92 Å². The van der Waals surface area contributed by atoms with Crippen LogP contribution in [0.1, 0.15) is 35.6 Å². The van der Waals surface area contributed by atoms with Crippen molar-refractivity contribution in [2.24, 2.45) is 0 Å². The van der Waals surface area contributed by atoms with Gasteiger partial charge in [0.2, 0.25) is 0 Å². The van der Waals surface area contributed by atoms with E-state index in [-0.39, 0.29) is 36.3 Å². The number of ether oxygens (including phenoxy) is 2. The van der Waals surface area contributed by atoms with Crippen molar-refractivity contribution >= 4 is 22.8 Å². The van der Waals surface area contributed by atoms with Crippen LogP contribution < -0.4 is 5.56 Å². The van der Waals surface area contributed by atoms with Crippen molar-refractivity contribution in [2.45, 2.75) is 32.1 Å². The maximum Gasteiger partial charge on any atom is 0.343 e. The Labute approximate surface area is 182 Å². The smallest absolute Gasteiger partial charge is 0.343 e. The van der Waals surface area contributed by atoms with E-state index in [1.807, 2.05) is 18.2 Å². The minimum atomic E-state index is -2.11. The zero-order chi connectivity index (χ0) is 22.6. The van der Waals surface area contributed by atoms with Crippen LogP contribution in [0, 0.1) is 12.3 Å². The number of aromatic nitrogens is 2. The minimum Gasteiger partial charge on any atom is -0.466 e. The third-order valence-electron chi connectivity index (χ3n) is 5.95. The molecule has 0 saturated carbocycles. The van der Waals surface area contributed by atoms with Crippen molar-refractivity contribution in [2.75, 3.05) is 6.61 Å². The molecule has 8 nitrogen and oxygen atoms in total. The maximum atomic E-state index is 13.3. The van der Waals surface area contributed by atoms with Gasteiger partial charge in [-0.3, -0.25) is 9.59 Å². The van der Waals surface area contributed by atoms with E-state index in [4.69, 9.17) is 20.9 Å². The van der Waals surface area contributed by atoms with E-state index in [0.717, 1.165) is 10.9 Å². The molecule has 2 aromatic heterocycles. The Morgan fingerprint density at radius 3 is 2.94 bits per heavy atom. The largest absolute Gasteiger partial charge is 0.466 e. The van der Waals surface area contributed by atoms with Crippen LogP contribution in [0.15, 0.2) is 35.1 Å². The number of nitrogens with zero attached hydrogens (tertiary/aromatic N) is 2. The first-order chi connectivity index (χ1) is 15.3. The number of rotatable bonds is 3. The molecule has 0 fully saturated rings. The van der Waals surface area contributed by atoms with Crippen molar-refractivity contribution in [1.29, 1.82) is 0 Å². The second kappa shape index (κ2) is 7.04. The minimum absolute atomic E-state index is 0.150. The van der Waals surface area contributed by atoms with E-state index < -0.39 is 17.5 Å². The van der Waals surface area contributed by atoms with Gasteiger partial charge in [-0.05, 0) is 18.2 Å². The lowest BCUT2D eigenvalue weighted by atomic mass is 9.85. The molecule has 0 unspecified atom stereocenters. The molecule has 8 heteroatoms. The zero-order valence-corrected chi connectivity index (χ0v) is 17.2. The normalized spacial score (nSPS) is 18.3. The fourth-order valence-corrected chi connectivity index (χ4v) is 4.37. The van der Waals surface area contributed by atoms with Crippen molar-refractivity contribution < 1.29 is 24.2 Å². The van der Waals surface area contributed by atoms with Crippen molar-refractivity contribution in [3.05, 3.63) is 62.9 Å². The van der Waals surface area contributed by atoms with Crippen molar-refractivity contribution in [3.8, 4) is 23.7 Å². The first kappa shape index (κ1) is 20.0. The predicted molar refractivity (Wildman–Crippen MR) is 113 cm³/mol. The third kappa shape index (κ3) is 2.82. The van der Waals surface area contributed by atoms with Gasteiger partial charge in [0.15, 0.2) is 5.60 Å². The van der Waals surface area contributed by atoms with Crippen molar-refractivity contribution in [1.82, 2.24) is 9.55 Å². The van der Waals surface area contributed by atoms with Gasteiger partial charge in [-0.25, -0.2) is 9.78 Å². The number of terminal acetylenes is 1. The average molecular weight is 430 g/mol. The molecule has 0 bridgehead atoms. The van der Waals surface area contributed by atoms with Crippen molar-refractivity contribution in [3.63, 3.8) is 0 Å². The molecule has 2 aliphatic heterocycles. The van der Waals surface area contributed by atoms with E-state index in [2.05, 4.69) is 5.92 Å². The molecule has 0 radical (unpaired) electrons. The lowest BCUT2D eigenvalue weighted by Crippen LogP contribution is -2.45. The van der Waals surface area contributed by atoms with Crippen LogP contribution >= 0.6 is 0 Å². The Balaban J connectivity index is 1.69. The van der Waals surface area contributed by atoms with Gasteiger partial charge in [0, 0.05) is 29.9 Å². The monoisotopic (exact) mass is 430 g/mol. The number of cyclic esters (lactones) is 1. The quantitative estimate of drug-likeness (QED) is 0.389. The lowest BCUT2D eigenvalue weighted by Gasteiger charge is -2.32. The van der Waals surface area contributed by atoms with Crippen LogP contribution in [0.4, 0.5) is 0 Å². The Bertz CT molecular complexity index is 1430. The molecule has 5 rings (SSSR count). The number of carbonyl (C=O) groups is 2. The average Bonchev–Trinajstić information content (AvgIpc) is 3.12. The molecular weight excluding hydrogens is 412 g/mol. The van der Waals surface area contributed by atoms with E-state index in [1.54, 1.807) is 16.7 Å². The summed E-state index contributed by atoms with van der Waals surface area (Å²) in [4.78, 5) is 41.7. The molecule has 4 heterocycles. The van der Waals surface area contributed by atoms with Gasteiger partial charge in [-0.2, -0.15) is 0 Å². The van der Waals surface area contributed by atoms with E-state index in [9.17, 15) is 19.5 Å². The fourth-order valence-electron chi connectivity index (χ4n) is 4.37. The second-order valence-corrected chi connectivity index (χ2v) is 7.86. The van der Waals surface area contributed by atoms with Gasteiger partial charge in [-0.15, -0.1) is 6.42 Å². The molecular formula is C24H18N2O6. The number of para-hydroxylation sites is 1. The number of aliphatic hydroxyl groups is 1. The Kier molecular flexibility index (Phi) is 4.39. The molecule has 0 aliphatic carbocycles.